The minimum Gasteiger partial charge on any atom is -0.478 e. The van der Waals surface area contributed by atoms with Crippen LogP contribution in [-0.4, -0.2) is 11.1 Å². The fraction of sp³-hybridized carbons (Fsp3) is 0.154. The van der Waals surface area contributed by atoms with Crippen LogP contribution in [0.25, 0.3) is 0 Å². The van der Waals surface area contributed by atoms with Gasteiger partial charge in [-0.1, -0.05) is 0 Å². The fourth-order valence-electron chi connectivity index (χ4n) is 1.63. The molecule has 0 fully saturated rings. The number of carboxylic acids is 1. The van der Waals surface area contributed by atoms with Gasteiger partial charge in [-0.15, -0.1) is 0 Å². The van der Waals surface area contributed by atoms with Crippen molar-refractivity contribution in [3.8, 4) is 0 Å². The number of aromatic carboxylic acids is 1. The predicted molar refractivity (Wildman–Crippen MR) is 64.4 cm³/mol. The Labute approximate surface area is 116 Å². The maximum atomic E-state index is 13.1. The van der Waals surface area contributed by atoms with E-state index in [1.54, 1.807) is 0 Å². The summed E-state index contributed by atoms with van der Waals surface area (Å²) in [4.78, 5) is 10.6. The van der Waals surface area contributed by atoms with Crippen molar-refractivity contribution in [3.05, 3.63) is 53.2 Å². The second kappa shape index (κ2) is 5.47. The second-order valence-electron chi connectivity index (χ2n) is 4.15. The van der Waals surface area contributed by atoms with Crippen LogP contribution in [0.2, 0.25) is 0 Å². The van der Waals surface area contributed by atoms with Gasteiger partial charge >= 0.3 is 12.1 Å². The summed E-state index contributed by atoms with van der Waals surface area (Å²) in [5, 5.41) is 11.3. The summed E-state index contributed by atoms with van der Waals surface area (Å²) >= 11 is 0. The van der Waals surface area contributed by atoms with Gasteiger partial charge in [0.2, 0.25) is 0 Å². The molecule has 21 heavy (non-hydrogen) atoms. The summed E-state index contributed by atoms with van der Waals surface area (Å²) in [7, 11) is 0. The van der Waals surface area contributed by atoms with Crippen LogP contribution in [0.1, 0.15) is 21.7 Å². The van der Waals surface area contributed by atoms with E-state index in [1.807, 2.05) is 0 Å². The van der Waals surface area contributed by atoms with Gasteiger partial charge in [-0.25, -0.2) is 9.18 Å². The molecule has 8 heteroatoms. The molecule has 0 saturated carbocycles. The molecule has 2 rings (SSSR count). The van der Waals surface area contributed by atoms with E-state index in [-0.39, 0.29) is 23.6 Å². The molecule has 1 aromatic heterocycles. The Morgan fingerprint density at radius 2 is 2.00 bits per heavy atom. The fourth-order valence-corrected chi connectivity index (χ4v) is 1.63. The summed E-state index contributed by atoms with van der Waals surface area (Å²) in [6.07, 6.45) is -3.77. The zero-order valence-corrected chi connectivity index (χ0v) is 10.4. The lowest BCUT2D eigenvalue weighted by atomic mass is 10.2. The van der Waals surface area contributed by atoms with Gasteiger partial charge in [-0.05, 0) is 24.3 Å². The summed E-state index contributed by atoms with van der Waals surface area (Å²) in [6, 6.07) is 3.72. The number of furan rings is 1. The van der Waals surface area contributed by atoms with E-state index in [9.17, 15) is 22.4 Å². The lowest BCUT2D eigenvalue weighted by Gasteiger charge is -2.11. The minimum absolute atomic E-state index is 0.0315. The zero-order chi connectivity index (χ0) is 15.6. The predicted octanol–water partition coefficient (Wildman–Crippen LogP) is 3.75. The highest BCUT2D eigenvalue weighted by Gasteiger charge is 2.34. The molecule has 112 valence electrons. The molecule has 0 radical (unpaired) electrons. The Hall–Kier alpha value is -2.51. The first-order valence-electron chi connectivity index (χ1n) is 5.68. The monoisotopic (exact) mass is 303 g/mol. The number of carboxylic acid groups (broad SMARTS) is 1. The highest BCUT2D eigenvalue weighted by Crippen LogP contribution is 2.33. The van der Waals surface area contributed by atoms with Crippen LogP contribution < -0.4 is 5.32 Å². The van der Waals surface area contributed by atoms with Gasteiger partial charge in [-0.2, -0.15) is 13.2 Å². The molecule has 0 aliphatic rings. The van der Waals surface area contributed by atoms with E-state index >= 15 is 0 Å². The third kappa shape index (κ3) is 3.53. The van der Waals surface area contributed by atoms with Gasteiger partial charge in [0.25, 0.3) is 0 Å². The SMILES string of the molecule is O=C(O)c1coc(CNc2ccc(F)c(C(F)(F)F)c2)c1. The van der Waals surface area contributed by atoms with E-state index in [2.05, 4.69) is 5.32 Å². The number of hydrogen-bond donors (Lipinski definition) is 2. The molecule has 1 aromatic carbocycles. The molecule has 0 amide bonds. The van der Waals surface area contributed by atoms with E-state index < -0.39 is 23.5 Å². The molecule has 1 heterocycles. The lowest BCUT2D eigenvalue weighted by Crippen LogP contribution is -2.09. The lowest BCUT2D eigenvalue weighted by molar-refractivity contribution is -0.139. The van der Waals surface area contributed by atoms with Crippen LogP contribution in [0.3, 0.4) is 0 Å². The van der Waals surface area contributed by atoms with Crippen LogP contribution in [0.15, 0.2) is 34.9 Å². The first-order valence-corrected chi connectivity index (χ1v) is 5.68. The molecule has 0 spiro atoms. The summed E-state index contributed by atoms with van der Waals surface area (Å²) in [6.45, 7) is -0.0315. The molecule has 0 aliphatic heterocycles. The van der Waals surface area contributed by atoms with Crippen molar-refractivity contribution < 1.29 is 31.9 Å². The smallest absolute Gasteiger partial charge is 0.419 e. The van der Waals surface area contributed by atoms with E-state index in [0.29, 0.717) is 12.1 Å². The molecule has 0 unspecified atom stereocenters. The van der Waals surface area contributed by atoms with E-state index in [0.717, 1.165) is 12.3 Å². The van der Waals surface area contributed by atoms with Gasteiger partial charge in [0.15, 0.2) is 0 Å². The molecular weight excluding hydrogens is 294 g/mol. The maximum absolute atomic E-state index is 13.1. The standard InChI is InChI=1S/C13H9F4NO3/c14-11-2-1-8(4-10(11)13(15,16)17)18-5-9-3-7(6-21-9)12(19)20/h1-4,6,18H,5H2,(H,19,20). The average molecular weight is 303 g/mol. The molecular formula is C13H9F4NO3. The third-order valence-corrected chi connectivity index (χ3v) is 2.64. The first-order chi connectivity index (χ1) is 9.77. The quantitative estimate of drug-likeness (QED) is 0.844. The molecule has 0 saturated heterocycles. The van der Waals surface area contributed by atoms with Crippen molar-refractivity contribution in [3.63, 3.8) is 0 Å². The third-order valence-electron chi connectivity index (χ3n) is 2.64. The van der Waals surface area contributed by atoms with Gasteiger partial charge in [-0.3, -0.25) is 0 Å². The van der Waals surface area contributed by atoms with Crippen molar-refractivity contribution >= 4 is 11.7 Å². The molecule has 2 N–H and O–H groups in total. The Bertz CT molecular complexity index is 664. The van der Waals surface area contributed by atoms with Crippen molar-refractivity contribution in [2.75, 3.05) is 5.32 Å². The number of rotatable bonds is 4. The van der Waals surface area contributed by atoms with Crippen LogP contribution in [0, 0.1) is 5.82 Å². The van der Waals surface area contributed by atoms with Gasteiger partial charge < -0.3 is 14.8 Å². The zero-order valence-electron chi connectivity index (χ0n) is 10.4. The van der Waals surface area contributed by atoms with Gasteiger partial charge in [0, 0.05) is 5.69 Å². The minimum atomic E-state index is -4.79. The number of alkyl halides is 3. The Morgan fingerprint density at radius 3 is 2.57 bits per heavy atom. The largest absolute Gasteiger partial charge is 0.478 e. The van der Waals surface area contributed by atoms with Crippen molar-refractivity contribution in [2.45, 2.75) is 12.7 Å². The Kier molecular flexibility index (Phi) is 3.88. The summed E-state index contributed by atoms with van der Waals surface area (Å²) in [5.74, 6) is -2.31. The number of halogens is 4. The van der Waals surface area contributed by atoms with Crippen molar-refractivity contribution in [1.82, 2.24) is 0 Å². The van der Waals surface area contributed by atoms with E-state index in [4.69, 9.17) is 9.52 Å². The molecule has 0 atom stereocenters. The molecule has 0 aliphatic carbocycles. The number of carbonyl (C=O) groups is 1. The van der Waals surface area contributed by atoms with Crippen LogP contribution >= 0.6 is 0 Å². The molecule has 4 nitrogen and oxygen atoms in total. The van der Waals surface area contributed by atoms with Crippen LogP contribution in [0.5, 0.6) is 0 Å². The van der Waals surface area contributed by atoms with Crippen molar-refractivity contribution in [2.24, 2.45) is 0 Å². The van der Waals surface area contributed by atoms with Crippen LogP contribution in [-0.2, 0) is 12.7 Å². The highest BCUT2D eigenvalue weighted by atomic mass is 19.4. The normalized spacial score (nSPS) is 11.4. The van der Waals surface area contributed by atoms with E-state index in [1.165, 1.54) is 6.07 Å². The Morgan fingerprint density at radius 1 is 1.29 bits per heavy atom. The summed E-state index contributed by atoms with van der Waals surface area (Å²) in [5.41, 5.74) is -1.41. The molecule has 0 bridgehead atoms. The number of benzene rings is 1. The number of nitrogens with one attached hydrogen (secondary N) is 1. The maximum Gasteiger partial charge on any atom is 0.419 e. The average Bonchev–Trinajstić information content (AvgIpc) is 2.85. The molecule has 2 aromatic rings. The topological polar surface area (TPSA) is 62.5 Å². The highest BCUT2D eigenvalue weighted by molar-refractivity contribution is 5.87. The Balaban J connectivity index is 2.11. The van der Waals surface area contributed by atoms with Gasteiger partial charge in [0.05, 0.1) is 17.7 Å². The second-order valence-corrected chi connectivity index (χ2v) is 4.15. The summed E-state index contributed by atoms with van der Waals surface area (Å²) < 4.78 is 55.6. The van der Waals surface area contributed by atoms with Gasteiger partial charge in [0.1, 0.15) is 17.8 Å². The van der Waals surface area contributed by atoms with Crippen molar-refractivity contribution in [1.29, 1.82) is 0 Å². The number of hydrogen-bond acceptors (Lipinski definition) is 3. The first kappa shape index (κ1) is 14.9. The van der Waals surface area contributed by atoms with Crippen LogP contribution in [0.4, 0.5) is 23.2 Å². The number of anilines is 1.